The Kier molecular flexibility index (Phi) is 4.23. The van der Waals surface area contributed by atoms with Gasteiger partial charge in [0.1, 0.15) is 28.9 Å². The van der Waals surface area contributed by atoms with Gasteiger partial charge in [-0.15, -0.1) is 0 Å². The highest BCUT2D eigenvalue weighted by molar-refractivity contribution is 6.04. The molecule has 0 aliphatic heterocycles. The maximum absolute atomic E-state index is 12.2. The van der Waals surface area contributed by atoms with Crippen LogP contribution in [0.25, 0.3) is 0 Å². The molecule has 0 aliphatic carbocycles. The van der Waals surface area contributed by atoms with Gasteiger partial charge in [-0.05, 0) is 48.9 Å². The van der Waals surface area contributed by atoms with Crippen molar-refractivity contribution in [2.24, 2.45) is 0 Å². The third-order valence-corrected chi connectivity index (χ3v) is 2.92. The van der Waals surface area contributed by atoms with E-state index >= 15 is 0 Å². The van der Waals surface area contributed by atoms with Gasteiger partial charge in [-0.3, -0.25) is 9.59 Å². The summed E-state index contributed by atoms with van der Waals surface area (Å²) in [6.45, 7) is 1.30. The molecule has 1 unspecified atom stereocenters. The van der Waals surface area contributed by atoms with E-state index in [1.54, 1.807) is 0 Å². The summed E-state index contributed by atoms with van der Waals surface area (Å²) in [5.41, 5.74) is 0.448. The van der Waals surface area contributed by atoms with Gasteiger partial charge in [0.05, 0.1) is 0 Å². The first-order valence-corrected chi connectivity index (χ1v) is 6.27. The second kappa shape index (κ2) is 6.09. The van der Waals surface area contributed by atoms with E-state index in [9.17, 15) is 19.8 Å². The van der Waals surface area contributed by atoms with Crippen LogP contribution in [0, 0.1) is 0 Å². The number of hydrogen-bond donors (Lipinski definition) is 2. The van der Waals surface area contributed by atoms with E-state index < -0.39 is 11.9 Å². The van der Waals surface area contributed by atoms with Gasteiger partial charge in [-0.1, -0.05) is 12.1 Å². The number of ketones is 1. The summed E-state index contributed by atoms with van der Waals surface area (Å²) in [7, 11) is 0. The highest BCUT2D eigenvalue weighted by atomic mass is 16.5. The van der Waals surface area contributed by atoms with Crippen molar-refractivity contribution >= 4 is 11.8 Å². The van der Waals surface area contributed by atoms with Crippen LogP contribution in [0.15, 0.2) is 48.5 Å². The number of phenolic OH excluding ortho intramolecular Hbond substituents is 2. The van der Waals surface area contributed by atoms with Crippen LogP contribution >= 0.6 is 0 Å². The van der Waals surface area contributed by atoms with Crippen molar-refractivity contribution in [1.82, 2.24) is 0 Å². The zero-order valence-electron chi connectivity index (χ0n) is 11.3. The predicted molar refractivity (Wildman–Crippen MR) is 75.3 cm³/mol. The zero-order valence-corrected chi connectivity index (χ0v) is 11.3. The Labute approximate surface area is 121 Å². The van der Waals surface area contributed by atoms with Crippen LogP contribution in [0.1, 0.15) is 18.4 Å². The fourth-order valence-corrected chi connectivity index (χ4v) is 1.89. The molecule has 0 heterocycles. The number of hydrogen-bond acceptors (Lipinski definition) is 5. The van der Waals surface area contributed by atoms with Crippen LogP contribution in [0.4, 0.5) is 0 Å². The first-order chi connectivity index (χ1) is 9.97. The van der Waals surface area contributed by atoms with Gasteiger partial charge in [0, 0.05) is 0 Å². The first kappa shape index (κ1) is 14.6. The van der Waals surface area contributed by atoms with Gasteiger partial charge in [0.15, 0.2) is 0 Å². The van der Waals surface area contributed by atoms with Crippen LogP contribution < -0.4 is 4.74 Å². The molecule has 0 saturated heterocycles. The molecular formula is C16H14O5. The number of esters is 1. The zero-order chi connectivity index (χ0) is 15.4. The number of phenols is 2. The Bertz CT molecular complexity index is 643. The van der Waals surface area contributed by atoms with Crippen LogP contribution in [-0.2, 0) is 9.59 Å². The van der Waals surface area contributed by atoms with Gasteiger partial charge in [0.25, 0.3) is 0 Å². The minimum absolute atomic E-state index is 0.0490. The van der Waals surface area contributed by atoms with E-state index in [0.717, 1.165) is 0 Å². The quantitative estimate of drug-likeness (QED) is 0.512. The number of ether oxygens (including phenoxy) is 1. The summed E-state index contributed by atoms with van der Waals surface area (Å²) in [5.74, 6) is -1.78. The van der Waals surface area contributed by atoms with E-state index in [4.69, 9.17) is 4.74 Å². The molecule has 1 atom stereocenters. The number of benzene rings is 2. The van der Waals surface area contributed by atoms with Crippen molar-refractivity contribution in [3.8, 4) is 17.2 Å². The Morgan fingerprint density at radius 2 is 1.38 bits per heavy atom. The topological polar surface area (TPSA) is 83.8 Å². The Hall–Kier alpha value is -2.82. The maximum atomic E-state index is 12.2. The molecule has 0 bridgehead atoms. The second-order valence-electron chi connectivity index (χ2n) is 4.55. The predicted octanol–water partition coefficient (Wildman–Crippen LogP) is 2.38. The Balaban J connectivity index is 2.22. The number of rotatable bonds is 4. The van der Waals surface area contributed by atoms with Crippen molar-refractivity contribution < 1.29 is 24.5 Å². The summed E-state index contributed by atoms with van der Waals surface area (Å²) in [4.78, 5) is 23.9. The minimum atomic E-state index is -1.06. The van der Waals surface area contributed by atoms with Crippen molar-refractivity contribution in [3.05, 3.63) is 54.1 Å². The van der Waals surface area contributed by atoms with E-state index in [2.05, 4.69) is 0 Å². The molecule has 2 aromatic rings. The molecule has 0 aliphatic rings. The SMILES string of the molecule is CC(=O)C(C(=O)Oc1ccc(O)cc1)c1ccc(O)cc1. The summed E-state index contributed by atoms with van der Waals surface area (Å²) in [5, 5.41) is 18.4. The van der Waals surface area contributed by atoms with Crippen LogP contribution in [0.2, 0.25) is 0 Å². The standard InChI is InChI=1S/C16H14O5/c1-10(17)15(11-2-4-12(18)5-3-11)16(20)21-14-8-6-13(19)7-9-14/h2-9,15,18-19H,1H3. The highest BCUT2D eigenvalue weighted by Crippen LogP contribution is 2.23. The lowest BCUT2D eigenvalue weighted by atomic mass is 9.95. The third kappa shape index (κ3) is 3.60. The minimum Gasteiger partial charge on any atom is -0.508 e. The van der Waals surface area contributed by atoms with Gasteiger partial charge in [-0.2, -0.15) is 0 Å². The fourth-order valence-electron chi connectivity index (χ4n) is 1.89. The van der Waals surface area contributed by atoms with Crippen molar-refractivity contribution in [2.75, 3.05) is 0 Å². The average Bonchev–Trinajstić information content (AvgIpc) is 2.43. The Morgan fingerprint density at radius 3 is 1.86 bits per heavy atom. The second-order valence-corrected chi connectivity index (χ2v) is 4.55. The monoisotopic (exact) mass is 286 g/mol. The molecule has 2 rings (SSSR count). The molecule has 0 saturated carbocycles. The van der Waals surface area contributed by atoms with Crippen LogP contribution in [0.3, 0.4) is 0 Å². The third-order valence-electron chi connectivity index (χ3n) is 2.92. The van der Waals surface area contributed by atoms with Crippen LogP contribution in [0.5, 0.6) is 17.2 Å². The van der Waals surface area contributed by atoms with E-state index in [-0.39, 0.29) is 23.0 Å². The molecule has 108 valence electrons. The number of carbonyl (C=O) groups is 2. The molecule has 0 spiro atoms. The molecule has 0 amide bonds. The lowest BCUT2D eigenvalue weighted by Crippen LogP contribution is -2.24. The van der Waals surface area contributed by atoms with Crippen molar-refractivity contribution in [2.45, 2.75) is 12.8 Å². The van der Waals surface area contributed by atoms with E-state index in [1.807, 2.05) is 0 Å². The molecule has 21 heavy (non-hydrogen) atoms. The molecular weight excluding hydrogens is 272 g/mol. The van der Waals surface area contributed by atoms with Gasteiger partial charge in [-0.25, -0.2) is 0 Å². The van der Waals surface area contributed by atoms with Crippen LogP contribution in [-0.4, -0.2) is 22.0 Å². The van der Waals surface area contributed by atoms with Crippen molar-refractivity contribution in [3.63, 3.8) is 0 Å². The molecule has 2 aromatic carbocycles. The van der Waals surface area contributed by atoms with Gasteiger partial charge < -0.3 is 14.9 Å². The summed E-state index contributed by atoms with van der Waals surface area (Å²) < 4.78 is 5.14. The molecule has 0 radical (unpaired) electrons. The highest BCUT2D eigenvalue weighted by Gasteiger charge is 2.27. The van der Waals surface area contributed by atoms with E-state index in [1.165, 1.54) is 55.5 Å². The summed E-state index contributed by atoms with van der Waals surface area (Å²) in [6.07, 6.45) is 0. The summed E-state index contributed by atoms with van der Waals surface area (Å²) in [6, 6.07) is 11.4. The normalized spacial score (nSPS) is 11.7. The summed E-state index contributed by atoms with van der Waals surface area (Å²) >= 11 is 0. The molecule has 0 aromatic heterocycles. The van der Waals surface area contributed by atoms with E-state index in [0.29, 0.717) is 5.56 Å². The van der Waals surface area contributed by atoms with Gasteiger partial charge >= 0.3 is 5.97 Å². The molecule has 5 heteroatoms. The average molecular weight is 286 g/mol. The first-order valence-electron chi connectivity index (χ1n) is 6.27. The number of Topliss-reactive ketones (excluding diaryl/α,β-unsaturated/α-hetero) is 1. The molecule has 5 nitrogen and oxygen atoms in total. The smallest absolute Gasteiger partial charge is 0.326 e. The maximum Gasteiger partial charge on any atom is 0.326 e. The Morgan fingerprint density at radius 1 is 0.905 bits per heavy atom. The van der Waals surface area contributed by atoms with Crippen molar-refractivity contribution in [1.29, 1.82) is 0 Å². The van der Waals surface area contributed by atoms with Gasteiger partial charge in [0.2, 0.25) is 0 Å². The number of carbonyl (C=O) groups excluding carboxylic acids is 2. The molecule has 2 N–H and O–H groups in total. The largest absolute Gasteiger partial charge is 0.508 e. The lowest BCUT2D eigenvalue weighted by Gasteiger charge is -2.13. The molecule has 0 fully saturated rings. The lowest BCUT2D eigenvalue weighted by molar-refractivity contribution is -0.139. The number of aromatic hydroxyl groups is 2. The fraction of sp³-hybridized carbons (Fsp3) is 0.125.